The summed E-state index contributed by atoms with van der Waals surface area (Å²) in [6.45, 7) is 4.57. The molecule has 0 saturated heterocycles. The monoisotopic (exact) mass is 459 g/mol. The Labute approximate surface area is 192 Å². The first kappa shape index (κ1) is 25.2. The number of nitro benzene ring substituents is 1. The molecule has 0 aliphatic carbocycles. The van der Waals surface area contributed by atoms with Gasteiger partial charge in [0.25, 0.3) is 5.69 Å². The zero-order chi connectivity index (χ0) is 23.5. The van der Waals surface area contributed by atoms with E-state index in [0.29, 0.717) is 18.8 Å². The molecule has 9 heteroatoms. The molecule has 0 aliphatic rings. The molecule has 0 saturated carbocycles. The van der Waals surface area contributed by atoms with Gasteiger partial charge in [0, 0.05) is 31.0 Å². The van der Waals surface area contributed by atoms with Crippen molar-refractivity contribution in [3.63, 3.8) is 0 Å². The lowest BCUT2D eigenvalue weighted by molar-refractivity contribution is -0.384. The summed E-state index contributed by atoms with van der Waals surface area (Å²) in [4.78, 5) is 37.5. The van der Waals surface area contributed by atoms with Gasteiger partial charge in [0.2, 0.25) is 11.8 Å². The Hall–Kier alpha value is -3.07. The van der Waals surface area contributed by atoms with Gasteiger partial charge in [0.15, 0.2) is 0 Å². The van der Waals surface area contributed by atoms with Crippen LogP contribution in [0, 0.1) is 10.1 Å². The number of benzene rings is 2. The normalized spacial score (nSPS) is 11.5. The summed E-state index contributed by atoms with van der Waals surface area (Å²) in [5, 5.41) is 13.6. The summed E-state index contributed by atoms with van der Waals surface area (Å²) in [5.41, 5.74) is 1.82. The van der Waals surface area contributed by atoms with Crippen LogP contribution in [0.25, 0.3) is 0 Å². The van der Waals surface area contributed by atoms with E-state index in [9.17, 15) is 19.7 Å². The number of ether oxygens (including phenoxy) is 1. The van der Waals surface area contributed by atoms with Crippen molar-refractivity contribution in [2.75, 3.05) is 19.4 Å². The Bertz CT molecular complexity index is 903. The molecule has 172 valence electrons. The highest BCUT2D eigenvalue weighted by atomic mass is 32.2. The van der Waals surface area contributed by atoms with Crippen LogP contribution in [0.4, 0.5) is 5.69 Å². The van der Waals surface area contributed by atoms with E-state index in [1.807, 2.05) is 31.2 Å². The number of non-ortho nitro benzene ring substituents is 1. The highest BCUT2D eigenvalue weighted by Gasteiger charge is 2.25. The molecular weight excluding hydrogens is 430 g/mol. The Morgan fingerprint density at radius 2 is 1.75 bits per heavy atom. The third-order valence-corrected chi connectivity index (χ3v) is 5.86. The van der Waals surface area contributed by atoms with Crippen molar-refractivity contribution in [1.29, 1.82) is 0 Å². The molecule has 2 amide bonds. The number of methoxy groups -OCH3 is 1. The van der Waals surface area contributed by atoms with E-state index < -0.39 is 11.0 Å². The first-order valence-corrected chi connectivity index (χ1v) is 11.5. The van der Waals surface area contributed by atoms with E-state index in [1.54, 1.807) is 31.1 Å². The third-order valence-electron chi connectivity index (χ3n) is 4.87. The van der Waals surface area contributed by atoms with Crippen LogP contribution in [0.2, 0.25) is 0 Å². The lowest BCUT2D eigenvalue weighted by atomic mass is 10.1. The molecular formula is C23H29N3O5S. The second kappa shape index (κ2) is 12.7. The van der Waals surface area contributed by atoms with Gasteiger partial charge in [0.05, 0.1) is 17.8 Å². The minimum absolute atomic E-state index is 0.0346. The summed E-state index contributed by atoms with van der Waals surface area (Å²) < 4.78 is 5.18. The second-order valence-electron chi connectivity index (χ2n) is 7.25. The third kappa shape index (κ3) is 7.56. The maximum Gasteiger partial charge on any atom is 0.269 e. The van der Waals surface area contributed by atoms with Gasteiger partial charge in [-0.2, -0.15) is 0 Å². The number of hydrogen-bond acceptors (Lipinski definition) is 6. The van der Waals surface area contributed by atoms with Gasteiger partial charge >= 0.3 is 0 Å². The van der Waals surface area contributed by atoms with Crippen LogP contribution in [0.3, 0.4) is 0 Å². The quantitative estimate of drug-likeness (QED) is 0.383. The molecule has 0 fully saturated rings. The zero-order valence-electron chi connectivity index (χ0n) is 18.6. The Kier molecular flexibility index (Phi) is 10.0. The summed E-state index contributed by atoms with van der Waals surface area (Å²) in [6.07, 6.45) is 0.815. The van der Waals surface area contributed by atoms with E-state index in [4.69, 9.17) is 4.74 Å². The number of nitrogens with one attached hydrogen (secondary N) is 1. The van der Waals surface area contributed by atoms with Crippen LogP contribution in [0.15, 0.2) is 48.5 Å². The minimum atomic E-state index is -0.615. The first-order chi connectivity index (χ1) is 15.3. The summed E-state index contributed by atoms with van der Waals surface area (Å²) in [7, 11) is 1.59. The van der Waals surface area contributed by atoms with E-state index in [1.165, 1.54) is 23.9 Å². The number of thioether (sulfide) groups is 1. The standard InChI is InChI=1S/C23H29N3O5S/c1-4-13-24-23(28)17(2)25(14-18-7-11-21(31-3)12-8-18)22(27)16-32-15-19-5-9-20(10-6-19)26(29)30/h5-12,17H,4,13-16H2,1-3H3,(H,24,28)/t17-/m1/s1. The van der Waals surface area contributed by atoms with Gasteiger partial charge < -0.3 is 15.0 Å². The molecule has 0 aliphatic heterocycles. The van der Waals surface area contributed by atoms with Crippen molar-refractivity contribution >= 4 is 29.3 Å². The maximum atomic E-state index is 13.0. The Morgan fingerprint density at radius 3 is 2.31 bits per heavy atom. The molecule has 0 unspecified atom stereocenters. The molecule has 0 bridgehead atoms. The molecule has 0 spiro atoms. The number of rotatable bonds is 12. The molecule has 1 N–H and O–H groups in total. The lowest BCUT2D eigenvalue weighted by Crippen LogP contribution is -2.48. The highest BCUT2D eigenvalue weighted by Crippen LogP contribution is 2.19. The van der Waals surface area contributed by atoms with Crippen molar-refractivity contribution in [3.05, 3.63) is 69.8 Å². The van der Waals surface area contributed by atoms with Crippen molar-refractivity contribution < 1.29 is 19.2 Å². The fourth-order valence-corrected chi connectivity index (χ4v) is 3.83. The van der Waals surface area contributed by atoms with E-state index in [-0.39, 0.29) is 23.3 Å². The van der Waals surface area contributed by atoms with Crippen LogP contribution in [0.1, 0.15) is 31.4 Å². The van der Waals surface area contributed by atoms with Gasteiger partial charge in [-0.15, -0.1) is 11.8 Å². The number of carbonyl (C=O) groups is 2. The molecule has 32 heavy (non-hydrogen) atoms. The fraction of sp³-hybridized carbons (Fsp3) is 0.391. The number of hydrogen-bond donors (Lipinski definition) is 1. The van der Waals surface area contributed by atoms with Gasteiger partial charge in [-0.25, -0.2) is 0 Å². The predicted octanol–water partition coefficient (Wildman–Crippen LogP) is 3.78. The predicted molar refractivity (Wildman–Crippen MR) is 126 cm³/mol. The van der Waals surface area contributed by atoms with E-state index in [0.717, 1.165) is 23.3 Å². The number of amides is 2. The van der Waals surface area contributed by atoms with Crippen molar-refractivity contribution in [2.24, 2.45) is 0 Å². The molecule has 1 atom stereocenters. The van der Waals surface area contributed by atoms with E-state index >= 15 is 0 Å². The summed E-state index contributed by atoms with van der Waals surface area (Å²) >= 11 is 1.41. The van der Waals surface area contributed by atoms with Crippen LogP contribution in [0.5, 0.6) is 5.75 Å². The SMILES string of the molecule is CCCNC(=O)[C@@H](C)N(Cc1ccc(OC)cc1)C(=O)CSCc1ccc([N+](=O)[O-])cc1. The van der Waals surface area contributed by atoms with Crippen LogP contribution < -0.4 is 10.1 Å². The maximum absolute atomic E-state index is 13.0. The van der Waals surface area contributed by atoms with Crippen LogP contribution in [-0.4, -0.2) is 47.1 Å². The Morgan fingerprint density at radius 1 is 1.12 bits per heavy atom. The average molecular weight is 460 g/mol. The van der Waals surface area contributed by atoms with Crippen molar-refractivity contribution in [1.82, 2.24) is 10.2 Å². The number of carbonyl (C=O) groups excluding carboxylic acids is 2. The zero-order valence-corrected chi connectivity index (χ0v) is 19.4. The smallest absolute Gasteiger partial charge is 0.269 e. The highest BCUT2D eigenvalue weighted by molar-refractivity contribution is 7.99. The summed E-state index contributed by atoms with van der Waals surface area (Å²) in [5.74, 6) is 1.12. The van der Waals surface area contributed by atoms with Gasteiger partial charge in [-0.3, -0.25) is 19.7 Å². The number of nitrogens with zero attached hydrogens (tertiary/aromatic N) is 2. The van der Waals surface area contributed by atoms with E-state index in [2.05, 4.69) is 5.32 Å². The molecule has 8 nitrogen and oxygen atoms in total. The van der Waals surface area contributed by atoms with Gasteiger partial charge in [-0.05, 0) is 36.6 Å². The van der Waals surface area contributed by atoms with Gasteiger partial charge in [-0.1, -0.05) is 31.2 Å². The average Bonchev–Trinajstić information content (AvgIpc) is 2.81. The van der Waals surface area contributed by atoms with Crippen LogP contribution >= 0.6 is 11.8 Å². The molecule has 2 aromatic rings. The molecule has 2 rings (SSSR count). The molecule has 2 aromatic carbocycles. The Balaban J connectivity index is 2.04. The van der Waals surface area contributed by atoms with Gasteiger partial charge in [0.1, 0.15) is 11.8 Å². The molecule has 0 aromatic heterocycles. The molecule has 0 heterocycles. The topological polar surface area (TPSA) is 102 Å². The second-order valence-corrected chi connectivity index (χ2v) is 8.24. The number of nitro groups is 1. The first-order valence-electron chi connectivity index (χ1n) is 10.4. The molecule has 0 radical (unpaired) electrons. The summed E-state index contributed by atoms with van der Waals surface area (Å²) in [6, 6.07) is 13.1. The van der Waals surface area contributed by atoms with Crippen LogP contribution in [-0.2, 0) is 21.9 Å². The van der Waals surface area contributed by atoms with Crippen molar-refractivity contribution in [3.8, 4) is 5.75 Å². The largest absolute Gasteiger partial charge is 0.497 e. The van der Waals surface area contributed by atoms with Crippen molar-refractivity contribution in [2.45, 2.75) is 38.6 Å². The fourth-order valence-electron chi connectivity index (χ4n) is 2.96. The minimum Gasteiger partial charge on any atom is -0.497 e. The lowest BCUT2D eigenvalue weighted by Gasteiger charge is -2.28.